The molecule has 0 spiro atoms. The van der Waals surface area contributed by atoms with Crippen LogP contribution in [0.2, 0.25) is 0 Å². The van der Waals surface area contributed by atoms with E-state index < -0.39 is 10.0 Å². The fourth-order valence-electron chi connectivity index (χ4n) is 3.67. The van der Waals surface area contributed by atoms with E-state index in [1.807, 2.05) is 68.1 Å². The average molecular weight is 416 g/mol. The Balaban J connectivity index is 1.54. The molecule has 0 aromatic heterocycles. The lowest BCUT2D eigenvalue weighted by Gasteiger charge is -2.34. The van der Waals surface area contributed by atoms with Gasteiger partial charge in [0, 0.05) is 26.2 Å². The monoisotopic (exact) mass is 415 g/mol. The Morgan fingerprint density at radius 3 is 2.31 bits per heavy atom. The smallest absolute Gasteiger partial charge is 0.243 e. The number of amides is 1. The number of piperazine rings is 1. The van der Waals surface area contributed by atoms with Crippen LogP contribution in [0.15, 0.2) is 53.4 Å². The number of nitrogens with one attached hydrogen (secondary N) is 1. The molecule has 1 N–H and O–H groups in total. The summed E-state index contributed by atoms with van der Waals surface area (Å²) in [6.07, 6.45) is 0. The number of hydrogen-bond donors (Lipinski definition) is 1. The van der Waals surface area contributed by atoms with Crippen molar-refractivity contribution in [3.63, 3.8) is 0 Å². The quantitative estimate of drug-likeness (QED) is 0.787. The lowest BCUT2D eigenvalue weighted by Crippen LogP contribution is -2.51. The number of carbonyl (C=O) groups is 1. The number of rotatable bonds is 6. The Bertz CT molecular complexity index is 953. The summed E-state index contributed by atoms with van der Waals surface area (Å²) in [7, 11) is -3.51. The van der Waals surface area contributed by atoms with Crippen molar-refractivity contribution in [2.45, 2.75) is 31.7 Å². The third-order valence-corrected chi connectivity index (χ3v) is 7.38. The predicted molar refractivity (Wildman–Crippen MR) is 114 cm³/mol. The molecule has 29 heavy (non-hydrogen) atoms. The van der Waals surface area contributed by atoms with Gasteiger partial charge >= 0.3 is 0 Å². The predicted octanol–water partition coefficient (Wildman–Crippen LogP) is 2.49. The number of benzene rings is 2. The van der Waals surface area contributed by atoms with Crippen LogP contribution in [0.3, 0.4) is 0 Å². The van der Waals surface area contributed by atoms with Gasteiger partial charge in [-0.2, -0.15) is 4.31 Å². The van der Waals surface area contributed by atoms with Crippen LogP contribution in [0.4, 0.5) is 0 Å². The first-order valence-corrected chi connectivity index (χ1v) is 11.4. The highest BCUT2D eigenvalue weighted by Gasteiger charge is 2.30. The van der Waals surface area contributed by atoms with Crippen molar-refractivity contribution in [3.05, 3.63) is 65.2 Å². The molecule has 1 aliphatic rings. The molecule has 6 nitrogen and oxygen atoms in total. The van der Waals surface area contributed by atoms with Crippen LogP contribution in [-0.4, -0.2) is 56.3 Å². The third kappa shape index (κ3) is 5.23. The molecule has 0 bridgehead atoms. The molecule has 1 aliphatic heterocycles. The lowest BCUT2D eigenvalue weighted by molar-refractivity contribution is -0.123. The fraction of sp³-hybridized carbons (Fsp3) is 0.409. The van der Waals surface area contributed by atoms with Crippen LogP contribution in [0.1, 0.15) is 29.7 Å². The van der Waals surface area contributed by atoms with Crippen molar-refractivity contribution in [3.8, 4) is 0 Å². The van der Waals surface area contributed by atoms with Crippen molar-refractivity contribution >= 4 is 15.9 Å². The number of carbonyl (C=O) groups excluding carboxylic acids is 1. The Morgan fingerprint density at radius 1 is 1.03 bits per heavy atom. The number of sulfonamides is 1. The summed E-state index contributed by atoms with van der Waals surface area (Å²) in [5, 5.41) is 3.01. The van der Waals surface area contributed by atoms with E-state index in [-0.39, 0.29) is 18.5 Å². The molecule has 7 heteroatoms. The Morgan fingerprint density at radius 2 is 1.69 bits per heavy atom. The van der Waals surface area contributed by atoms with E-state index in [1.165, 1.54) is 4.31 Å². The van der Waals surface area contributed by atoms with Gasteiger partial charge in [-0.25, -0.2) is 8.42 Å². The summed E-state index contributed by atoms with van der Waals surface area (Å²) in [6, 6.07) is 15.2. The first-order valence-electron chi connectivity index (χ1n) is 9.91. The van der Waals surface area contributed by atoms with Gasteiger partial charge in [-0.05, 0) is 38.0 Å². The maximum atomic E-state index is 13.0. The summed E-state index contributed by atoms with van der Waals surface area (Å²) < 4.78 is 27.5. The molecular weight excluding hydrogens is 386 g/mol. The summed E-state index contributed by atoms with van der Waals surface area (Å²) in [6.45, 7) is 7.86. The number of hydrogen-bond acceptors (Lipinski definition) is 4. The molecule has 0 aliphatic carbocycles. The second-order valence-corrected chi connectivity index (χ2v) is 9.56. The minimum Gasteiger partial charge on any atom is -0.348 e. The van der Waals surface area contributed by atoms with E-state index in [1.54, 1.807) is 6.07 Å². The van der Waals surface area contributed by atoms with Crippen LogP contribution in [0, 0.1) is 13.8 Å². The molecule has 1 amide bonds. The minimum absolute atomic E-state index is 0.0490. The SMILES string of the molecule is Cc1ccc(S(=O)(=O)N2CCN(CC(=O)N[C@@H](C)c3ccccc3)CC2)c(C)c1. The van der Waals surface area contributed by atoms with Gasteiger partial charge in [0.15, 0.2) is 0 Å². The molecule has 3 rings (SSSR count). The first-order chi connectivity index (χ1) is 13.8. The lowest BCUT2D eigenvalue weighted by atomic mass is 10.1. The summed E-state index contributed by atoms with van der Waals surface area (Å²) in [5.41, 5.74) is 2.87. The Labute approximate surface area is 173 Å². The van der Waals surface area contributed by atoms with E-state index in [4.69, 9.17) is 0 Å². The highest BCUT2D eigenvalue weighted by molar-refractivity contribution is 7.89. The second-order valence-electron chi connectivity index (χ2n) is 7.65. The topological polar surface area (TPSA) is 69.7 Å². The van der Waals surface area contributed by atoms with Crippen molar-refractivity contribution in [2.24, 2.45) is 0 Å². The van der Waals surface area contributed by atoms with Gasteiger partial charge in [-0.15, -0.1) is 0 Å². The van der Waals surface area contributed by atoms with Gasteiger partial charge in [0.2, 0.25) is 15.9 Å². The number of nitrogens with zero attached hydrogens (tertiary/aromatic N) is 2. The van der Waals surface area contributed by atoms with Crippen LogP contribution >= 0.6 is 0 Å². The molecule has 1 saturated heterocycles. The van der Waals surface area contributed by atoms with Crippen molar-refractivity contribution in [2.75, 3.05) is 32.7 Å². The highest BCUT2D eigenvalue weighted by atomic mass is 32.2. The molecule has 0 radical (unpaired) electrons. The molecule has 1 fully saturated rings. The number of aryl methyl sites for hydroxylation is 2. The maximum absolute atomic E-state index is 13.0. The zero-order chi connectivity index (χ0) is 21.0. The molecular formula is C22H29N3O3S. The van der Waals surface area contributed by atoms with Crippen molar-refractivity contribution in [1.82, 2.24) is 14.5 Å². The van der Waals surface area contributed by atoms with E-state index in [0.717, 1.165) is 16.7 Å². The molecule has 0 unspecified atom stereocenters. The van der Waals surface area contributed by atoms with Crippen LogP contribution in [-0.2, 0) is 14.8 Å². The van der Waals surface area contributed by atoms with Gasteiger partial charge in [0.1, 0.15) is 0 Å². The van der Waals surface area contributed by atoms with Crippen molar-refractivity contribution in [1.29, 1.82) is 0 Å². The van der Waals surface area contributed by atoms with Gasteiger partial charge in [-0.3, -0.25) is 9.69 Å². The van der Waals surface area contributed by atoms with Crippen LogP contribution in [0.5, 0.6) is 0 Å². The minimum atomic E-state index is -3.51. The molecule has 1 atom stereocenters. The van der Waals surface area contributed by atoms with E-state index in [9.17, 15) is 13.2 Å². The summed E-state index contributed by atoms with van der Waals surface area (Å²) in [4.78, 5) is 14.8. The van der Waals surface area contributed by atoms with Crippen LogP contribution < -0.4 is 5.32 Å². The molecule has 156 valence electrons. The largest absolute Gasteiger partial charge is 0.348 e. The van der Waals surface area contributed by atoms with Gasteiger partial charge < -0.3 is 5.32 Å². The molecule has 0 saturated carbocycles. The zero-order valence-corrected chi connectivity index (χ0v) is 18.1. The van der Waals surface area contributed by atoms with Crippen LogP contribution in [0.25, 0.3) is 0 Å². The standard InChI is InChI=1S/C22H29N3O3S/c1-17-9-10-21(18(2)15-17)29(27,28)25-13-11-24(12-14-25)16-22(26)23-19(3)20-7-5-4-6-8-20/h4-10,15,19H,11-14,16H2,1-3H3,(H,23,26)/t19-/m0/s1. The zero-order valence-electron chi connectivity index (χ0n) is 17.3. The second kappa shape index (κ2) is 9.07. The van der Waals surface area contributed by atoms with E-state index >= 15 is 0 Å². The van der Waals surface area contributed by atoms with Gasteiger partial charge in [0.05, 0.1) is 17.5 Å². The molecule has 2 aromatic rings. The molecule has 2 aromatic carbocycles. The van der Waals surface area contributed by atoms with E-state index in [2.05, 4.69) is 5.32 Å². The summed E-state index contributed by atoms with van der Waals surface area (Å²) in [5.74, 6) is -0.0490. The third-order valence-electron chi connectivity index (χ3n) is 5.32. The first kappa shape index (κ1) is 21.5. The average Bonchev–Trinajstić information content (AvgIpc) is 2.68. The summed E-state index contributed by atoms with van der Waals surface area (Å²) >= 11 is 0. The highest BCUT2D eigenvalue weighted by Crippen LogP contribution is 2.22. The Hall–Kier alpha value is -2.22. The van der Waals surface area contributed by atoms with E-state index in [0.29, 0.717) is 31.1 Å². The maximum Gasteiger partial charge on any atom is 0.243 e. The van der Waals surface area contributed by atoms with Gasteiger partial charge in [-0.1, -0.05) is 48.0 Å². The molecule has 1 heterocycles. The Kier molecular flexibility index (Phi) is 6.72. The van der Waals surface area contributed by atoms with Gasteiger partial charge in [0.25, 0.3) is 0 Å². The normalized spacial score (nSPS) is 17.1. The fourth-order valence-corrected chi connectivity index (χ4v) is 5.30. The van der Waals surface area contributed by atoms with Crippen molar-refractivity contribution < 1.29 is 13.2 Å².